The van der Waals surface area contributed by atoms with Gasteiger partial charge in [0, 0.05) is 10.5 Å². The second-order valence-electron chi connectivity index (χ2n) is 4.60. The Bertz CT molecular complexity index is 508. The van der Waals surface area contributed by atoms with Crippen LogP contribution in [0.3, 0.4) is 0 Å². The average Bonchev–Trinajstić information content (AvgIpc) is 2.48. The molecule has 0 saturated carbocycles. The minimum atomic E-state index is -0.253. The molecule has 0 fully saturated rings. The molecule has 4 heteroatoms. The summed E-state index contributed by atoms with van der Waals surface area (Å²) < 4.78 is 5.76. The fraction of sp³-hybridized carbons (Fsp3) is 0.333. The highest BCUT2D eigenvalue weighted by Gasteiger charge is 2.21. The lowest BCUT2D eigenvalue weighted by Gasteiger charge is -2.15. The van der Waals surface area contributed by atoms with Crippen molar-refractivity contribution in [3.05, 3.63) is 64.2 Å². The maximum Gasteiger partial charge on any atom is 0.210 e. The molecule has 1 aliphatic heterocycles. The minimum absolute atomic E-state index is 0.0579. The van der Waals surface area contributed by atoms with Crippen molar-refractivity contribution < 1.29 is 9.66 Å². The summed E-state index contributed by atoms with van der Waals surface area (Å²) >= 11 is 0. The van der Waals surface area contributed by atoms with Gasteiger partial charge < -0.3 is 4.74 Å². The standard InChI is InChI=1S/C15H17NO3/c1-2-12-6-5-7-13(10-16(17)18)14-8-3-4-9-15(14)19-11-12/h2-4,6,8-9,13H,1,5,7,10-11H2/b12-6-. The van der Waals surface area contributed by atoms with Crippen molar-refractivity contribution in [1.29, 1.82) is 0 Å². The molecule has 0 aromatic heterocycles. The topological polar surface area (TPSA) is 52.4 Å². The van der Waals surface area contributed by atoms with Crippen molar-refractivity contribution in [2.75, 3.05) is 13.2 Å². The molecule has 0 radical (unpaired) electrons. The number of fused-ring (bicyclic) bond motifs is 1. The number of allylic oxidation sites excluding steroid dienone is 1. The van der Waals surface area contributed by atoms with E-state index < -0.39 is 0 Å². The second-order valence-corrected chi connectivity index (χ2v) is 4.60. The number of ether oxygens (including phenoxy) is 1. The van der Waals surface area contributed by atoms with Crippen LogP contribution in [0.1, 0.15) is 24.3 Å². The SMILES string of the molecule is C=C/C1=C/CCC(C[N+](=O)[O-])c2ccccc2OC1. The van der Waals surface area contributed by atoms with Gasteiger partial charge in [-0.15, -0.1) is 0 Å². The Kier molecular flexibility index (Phi) is 4.34. The number of benzene rings is 1. The van der Waals surface area contributed by atoms with Gasteiger partial charge in [0.1, 0.15) is 12.4 Å². The summed E-state index contributed by atoms with van der Waals surface area (Å²) in [7, 11) is 0. The molecule has 0 amide bonds. The zero-order valence-electron chi connectivity index (χ0n) is 10.7. The molecule has 0 N–H and O–H groups in total. The number of para-hydroxylation sites is 1. The van der Waals surface area contributed by atoms with Gasteiger partial charge in [0.05, 0.1) is 5.92 Å². The molecule has 0 aliphatic carbocycles. The highest BCUT2D eigenvalue weighted by Crippen LogP contribution is 2.31. The fourth-order valence-corrected chi connectivity index (χ4v) is 2.31. The molecule has 19 heavy (non-hydrogen) atoms. The average molecular weight is 259 g/mol. The lowest BCUT2D eigenvalue weighted by Crippen LogP contribution is -2.13. The second kappa shape index (κ2) is 6.18. The van der Waals surface area contributed by atoms with Crippen LogP contribution in [0.2, 0.25) is 0 Å². The summed E-state index contributed by atoms with van der Waals surface area (Å²) in [4.78, 5) is 10.6. The van der Waals surface area contributed by atoms with E-state index in [0.717, 1.165) is 29.7 Å². The highest BCUT2D eigenvalue weighted by molar-refractivity contribution is 5.37. The van der Waals surface area contributed by atoms with Gasteiger partial charge in [-0.1, -0.05) is 36.9 Å². The summed E-state index contributed by atoms with van der Waals surface area (Å²) in [5, 5.41) is 10.8. The fourth-order valence-electron chi connectivity index (χ4n) is 2.31. The van der Waals surface area contributed by atoms with Crippen LogP contribution in [0.5, 0.6) is 5.75 Å². The summed E-state index contributed by atoms with van der Waals surface area (Å²) in [6.07, 6.45) is 5.37. The third-order valence-electron chi connectivity index (χ3n) is 3.31. The van der Waals surface area contributed by atoms with Crippen molar-refractivity contribution in [3.63, 3.8) is 0 Å². The molecule has 100 valence electrons. The predicted octanol–water partition coefficient (Wildman–Crippen LogP) is 3.33. The smallest absolute Gasteiger partial charge is 0.210 e. The molecule has 1 aromatic rings. The van der Waals surface area contributed by atoms with Gasteiger partial charge in [-0.25, -0.2) is 0 Å². The van der Waals surface area contributed by atoms with Gasteiger partial charge in [0.2, 0.25) is 6.54 Å². The van der Waals surface area contributed by atoms with Gasteiger partial charge in [-0.3, -0.25) is 10.1 Å². The van der Waals surface area contributed by atoms with E-state index in [4.69, 9.17) is 4.74 Å². The highest BCUT2D eigenvalue weighted by atomic mass is 16.6. The first-order chi connectivity index (χ1) is 9.20. The lowest BCUT2D eigenvalue weighted by molar-refractivity contribution is -0.483. The number of hydrogen-bond acceptors (Lipinski definition) is 3. The monoisotopic (exact) mass is 259 g/mol. The van der Waals surface area contributed by atoms with Gasteiger partial charge >= 0.3 is 0 Å². The molecule has 1 aromatic carbocycles. The van der Waals surface area contributed by atoms with E-state index in [2.05, 4.69) is 6.58 Å². The van der Waals surface area contributed by atoms with Crippen molar-refractivity contribution in [2.45, 2.75) is 18.8 Å². The molecule has 1 unspecified atom stereocenters. The van der Waals surface area contributed by atoms with E-state index in [-0.39, 0.29) is 17.4 Å². The van der Waals surface area contributed by atoms with Crippen molar-refractivity contribution in [3.8, 4) is 5.75 Å². The van der Waals surface area contributed by atoms with Crippen LogP contribution in [-0.2, 0) is 0 Å². The van der Waals surface area contributed by atoms with Crippen LogP contribution >= 0.6 is 0 Å². The zero-order chi connectivity index (χ0) is 13.7. The van der Waals surface area contributed by atoms with E-state index >= 15 is 0 Å². The van der Waals surface area contributed by atoms with E-state index in [1.54, 1.807) is 6.08 Å². The Hall–Kier alpha value is -2.10. The third-order valence-corrected chi connectivity index (χ3v) is 3.31. The Labute approximate surface area is 112 Å². The van der Waals surface area contributed by atoms with Crippen LogP contribution in [0.4, 0.5) is 0 Å². The van der Waals surface area contributed by atoms with Crippen LogP contribution in [-0.4, -0.2) is 18.1 Å². The summed E-state index contributed by atoms with van der Waals surface area (Å²) in [6, 6.07) is 7.57. The Balaban J connectivity index is 2.32. The molecule has 4 nitrogen and oxygen atoms in total. The van der Waals surface area contributed by atoms with Crippen LogP contribution < -0.4 is 4.74 Å². The number of rotatable bonds is 3. The number of nitro groups is 1. The Morgan fingerprint density at radius 3 is 3.00 bits per heavy atom. The summed E-state index contributed by atoms with van der Waals surface area (Å²) in [5.74, 6) is 0.635. The van der Waals surface area contributed by atoms with Crippen LogP contribution in [0.25, 0.3) is 0 Å². The summed E-state index contributed by atoms with van der Waals surface area (Å²) in [5.41, 5.74) is 1.95. The first kappa shape index (κ1) is 13.3. The molecule has 1 aliphatic rings. The molecule has 0 spiro atoms. The molecule has 1 atom stereocenters. The van der Waals surface area contributed by atoms with E-state index in [9.17, 15) is 10.1 Å². The van der Waals surface area contributed by atoms with Crippen molar-refractivity contribution in [1.82, 2.24) is 0 Å². The molecule has 0 saturated heterocycles. The van der Waals surface area contributed by atoms with Gasteiger partial charge in [-0.05, 0) is 24.5 Å². The van der Waals surface area contributed by atoms with Crippen LogP contribution in [0.15, 0.2) is 48.6 Å². The van der Waals surface area contributed by atoms with Gasteiger partial charge in [0.25, 0.3) is 0 Å². The molecular weight excluding hydrogens is 242 g/mol. The van der Waals surface area contributed by atoms with Crippen molar-refractivity contribution in [2.24, 2.45) is 0 Å². The largest absolute Gasteiger partial charge is 0.489 e. The lowest BCUT2D eigenvalue weighted by atomic mass is 9.93. The van der Waals surface area contributed by atoms with E-state index in [1.807, 2.05) is 30.3 Å². The maximum absolute atomic E-state index is 10.8. The first-order valence-electron chi connectivity index (χ1n) is 6.35. The maximum atomic E-state index is 10.8. The third kappa shape index (κ3) is 3.44. The Morgan fingerprint density at radius 1 is 1.47 bits per heavy atom. The quantitative estimate of drug-likeness (QED) is 0.618. The Morgan fingerprint density at radius 2 is 2.26 bits per heavy atom. The van der Waals surface area contributed by atoms with Gasteiger partial charge in [0.15, 0.2) is 0 Å². The predicted molar refractivity (Wildman–Crippen MR) is 74.1 cm³/mol. The number of nitrogens with zero attached hydrogens (tertiary/aromatic N) is 1. The van der Waals surface area contributed by atoms with Crippen molar-refractivity contribution >= 4 is 0 Å². The normalized spacial score (nSPS) is 21.7. The minimum Gasteiger partial charge on any atom is -0.489 e. The van der Waals surface area contributed by atoms with Gasteiger partial charge in [-0.2, -0.15) is 0 Å². The van der Waals surface area contributed by atoms with E-state index in [0.29, 0.717) is 6.61 Å². The molecule has 0 bridgehead atoms. The molecule has 1 heterocycles. The zero-order valence-corrected chi connectivity index (χ0v) is 10.7. The number of hydrogen-bond donors (Lipinski definition) is 0. The van der Waals surface area contributed by atoms with E-state index in [1.165, 1.54) is 0 Å². The first-order valence-corrected chi connectivity index (χ1v) is 6.35. The molecule has 2 rings (SSSR count). The molecular formula is C15H17NO3. The summed E-state index contributed by atoms with van der Waals surface area (Å²) in [6.45, 7) is 4.16. The van der Waals surface area contributed by atoms with Crippen LogP contribution in [0, 0.1) is 10.1 Å².